The standard InChI is InChI=1S/C12H14N2O3S/c1-15-8-2-3-10-11(4-8)14-12(13-10)18-6-9-5-16-7-17-9/h2-4,9H,5-7H2,1H3,(H,13,14). The molecule has 1 fully saturated rings. The summed E-state index contributed by atoms with van der Waals surface area (Å²) in [4.78, 5) is 7.77. The lowest BCUT2D eigenvalue weighted by Crippen LogP contribution is -2.12. The van der Waals surface area contributed by atoms with Gasteiger partial charge in [0.1, 0.15) is 12.5 Å². The number of hydrogen-bond donors (Lipinski definition) is 1. The van der Waals surface area contributed by atoms with Crippen molar-refractivity contribution in [2.45, 2.75) is 11.3 Å². The monoisotopic (exact) mass is 266 g/mol. The number of imidazole rings is 1. The molecule has 0 bridgehead atoms. The smallest absolute Gasteiger partial charge is 0.166 e. The van der Waals surface area contributed by atoms with Gasteiger partial charge in [0.15, 0.2) is 5.16 Å². The van der Waals surface area contributed by atoms with Crippen LogP contribution in [0.25, 0.3) is 11.0 Å². The van der Waals surface area contributed by atoms with Gasteiger partial charge in [0.25, 0.3) is 0 Å². The highest BCUT2D eigenvalue weighted by atomic mass is 32.2. The van der Waals surface area contributed by atoms with E-state index in [0.717, 1.165) is 27.7 Å². The molecular weight excluding hydrogens is 252 g/mol. The number of nitrogens with one attached hydrogen (secondary N) is 1. The predicted octanol–water partition coefficient (Wildman–Crippen LogP) is 2.04. The Morgan fingerprint density at radius 1 is 1.56 bits per heavy atom. The minimum atomic E-state index is 0.165. The van der Waals surface area contributed by atoms with Crippen LogP contribution in [0.4, 0.5) is 0 Å². The zero-order valence-electron chi connectivity index (χ0n) is 10.0. The Kier molecular flexibility index (Phi) is 3.40. The van der Waals surface area contributed by atoms with Crippen LogP contribution in [0.3, 0.4) is 0 Å². The molecule has 1 aromatic carbocycles. The van der Waals surface area contributed by atoms with Crippen LogP contribution in [0.2, 0.25) is 0 Å². The highest BCUT2D eigenvalue weighted by Gasteiger charge is 2.17. The summed E-state index contributed by atoms with van der Waals surface area (Å²) < 4.78 is 15.7. The van der Waals surface area contributed by atoms with Crippen molar-refractivity contribution in [3.05, 3.63) is 18.2 Å². The first-order valence-electron chi connectivity index (χ1n) is 5.71. The summed E-state index contributed by atoms with van der Waals surface area (Å²) in [5.41, 5.74) is 1.93. The van der Waals surface area contributed by atoms with E-state index in [0.29, 0.717) is 13.4 Å². The summed E-state index contributed by atoms with van der Waals surface area (Å²) in [6.07, 6.45) is 0.165. The van der Waals surface area contributed by atoms with Gasteiger partial charge in [-0.2, -0.15) is 0 Å². The largest absolute Gasteiger partial charge is 0.497 e. The van der Waals surface area contributed by atoms with Crippen molar-refractivity contribution in [2.24, 2.45) is 0 Å². The van der Waals surface area contributed by atoms with Gasteiger partial charge < -0.3 is 19.2 Å². The molecule has 1 aliphatic rings. The summed E-state index contributed by atoms with van der Waals surface area (Å²) in [6.45, 7) is 1.07. The van der Waals surface area contributed by atoms with Gasteiger partial charge in [-0.25, -0.2) is 4.98 Å². The first-order valence-corrected chi connectivity index (χ1v) is 6.69. The zero-order valence-corrected chi connectivity index (χ0v) is 10.8. The van der Waals surface area contributed by atoms with E-state index in [1.807, 2.05) is 18.2 Å². The third-order valence-electron chi connectivity index (χ3n) is 2.76. The number of nitrogens with zero attached hydrogens (tertiary/aromatic N) is 1. The van der Waals surface area contributed by atoms with E-state index in [2.05, 4.69) is 9.97 Å². The van der Waals surface area contributed by atoms with Gasteiger partial charge in [0, 0.05) is 11.8 Å². The van der Waals surface area contributed by atoms with Crippen molar-refractivity contribution in [2.75, 3.05) is 26.3 Å². The fourth-order valence-electron chi connectivity index (χ4n) is 1.80. The molecule has 1 aromatic heterocycles. The number of H-pyrrole nitrogens is 1. The maximum absolute atomic E-state index is 5.38. The van der Waals surface area contributed by atoms with Gasteiger partial charge in [0.05, 0.1) is 30.9 Å². The Bertz CT molecular complexity index is 537. The average Bonchev–Trinajstić information content (AvgIpc) is 3.04. The average molecular weight is 266 g/mol. The number of fused-ring (bicyclic) bond motifs is 1. The topological polar surface area (TPSA) is 56.4 Å². The number of aromatic amines is 1. The number of benzene rings is 1. The van der Waals surface area contributed by atoms with Crippen LogP contribution in [0.5, 0.6) is 5.75 Å². The molecule has 0 spiro atoms. The predicted molar refractivity (Wildman–Crippen MR) is 69.1 cm³/mol. The summed E-state index contributed by atoms with van der Waals surface area (Å²) in [6, 6.07) is 5.80. The molecule has 0 amide bonds. The maximum atomic E-state index is 5.38. The molecule has 96 valence electrons. The fraction of sp³-hybridized carbons (Fsp3) is 0.417. The maximum Gasteiger partial charge on any atom is 0.166 e. The molecule has 1 atom stereocenters. The normalized spacial score (nSPS) is 19.5. The second-order valence-corrected chi connectivity index (χ2v) is 5.02. The van der Waals surface area contributed by atoms with Crippen LogP contribution in [0, 0.1) is 0 Å². The van der Waals surface area contributed by atoms with E-state index in [1.165, 1.54) is 0 Å². The molecule has 2 heterocycles. The Hall–Kier alpha value is -1.24. The summed E-state index contributed by atoms with van der Waals surface area (Å²) in [5, 5.41) is 0.897. The van der Waals surface area contributed by atoms with E-state index >= 15 is 0 Å². The molecule has 3 rings (SSSR count). The molecule has 2 aromatic rings. The minimum Gasteiger partial charge on any atom is -0.497 e. The molecule has 0 saturated carbocycles. The fourth-order valence-corrected chi connectivity index (χ4v) is 2.68. The molecule has 1 unspecified atom stereocenters. The van der Waals surface area contributed by atoms with Gasteiger partial charge in [-0.3, -0.25) is 0 Å². The van der Waals surface area contributed by atoms with E-state index in [4.69, 9.17) is 14.2 Å². The number of methoxy groups -OCH3 is 1. The summed E-state index contributed by atoms with van der Waals surface area (Å²) >= 11 is 1.64. The third kappa shape index (κ3) is 2.45. The molecule has 0 radical (unpaired) electrons. The highest BCUT2D eigenvalue weighted by molar-refractivity contribution is 7.99. The number of ether oxygens (including phenoxy) is 3. The van der Waals surface area contributed by atoms with Crippen molar-refractivity contribution in [1.82, 2.24) is 9.97 Å². The van der Waals surface area contributed by atoms with Gasteiger partial charge in [-0.15, -0.1) is 0 Å². The molecule has 0 aliphatic carbocycles. The number of hydrogen-bond acceptors (Lipinski definition) is 5. The van der Waals surface area contributed by atoms with Gasteiger partial charge >= 0.3 is 0 Å². The lowest BCUT2D eigenvalue weighted by Gasteiger charge is -2.03. The minimum absolute atomic E-state index is 0.165. The van der Waals surface area contributed by atoms with Crippen LogP contribution in [0.1, 0.15) is 0 Å². The van der Waals surface area contributed by atoms with E-state index < -0.39 is 0 Å². The summed E-state index contributed by atoms with van der Waals surface area (Å²) in [7, 11) is 1.66. The number of thioether (sulfide) groups is 1. The molecule has 1 aliphatic heterocycles. The lowest BCUT2D eigenvalue weighted by molar-refractivity contribution is 0.0524. The SMILES string of the molecule is COc1ccc2nc(SCC3COCO3)[nH]c2c1. The first kappa shape index (κ1) is 11.8. The summed E-state index contributed by atoms with van der Waals surface area (Å²) in [5.74, 6) is 1.67. The molecule has 5 nitrogen and oxygen atoms in total. The van der Waals surface area contributed by atoms with Crippen LogP contribution in [-0.2, 0) is 9.47 Å². The Balaban J connectivity index is 1.72. The quantitative estimate of drug-likeness (QED) is 0.858. The van der Waals surface area contributed by atoms with Crippen LogP contribution in [-0.4, -0.2) is 42.3 Å². The van der Waals surface area contributed by atoms with E-state index in [-0.39, 0.29) is 6.10 Å². The zero-order chi connectivity index (χ0) is 12.4. The van der Waals surface area contributed by atoms with Crippen molar-refractivity contribution < 1.29 is 14.2 Å². The third-order valence-corrected chi connectivity index (χ3v) is 3.77. The van der Waals surface area contributed by atoms with Gasteiger partial charge in [-0.1, -0.05) is 11.8 Å². The van der Waals surface area contributed by atoms with Crippen LogP contribution in [0.15, 0.2) is 23.4 Å². The van der Waals surface area contributed by atoms with Crippen molar-refractivity contribution in [3.8, 4) is 5.75 Å². The Morgan fingerprint density at radius 2 is 2.50 bits per heavy atom. The van der Waals surface area contributed by atoms with Gasteiger partial charge in [0.2, 0.25) is 0 Å². The molecule has 1 saturated heterocycles. The highest BCUT2D eigenvalue weighted by Crippen LogP contribution is 2.24. The lowest BCUT2D eigenvalue weighted by atomic mass is 10.3. The molecule has 6 heteroatoms. The van der Waals surface area contributed by atoms with Gasteiger partial charge in [-0.05, 0) is 12.1 Å². The Morgan fingerprint density at radius 3 is 3.28 bits per heavy atom. The number of rotatable bonds is 4. The van der Waals surface area contributed by atoms with Crippen molar-refractivity contribution in [1.29, 1.82) is 0 Å². The van der Waals surface area contributed by atoms with E-state index in [1.54, 1.807) is 18.9 Å². The Labute approximate surface area is 109 Å². The second-order valence-electron chi connectivity index (χ2n) is 4.01. The van der Waals surface area contributed by atoms with E-state index in [9.17, 15) is 0 Å². The molecule has 18 heavy (non-hydrogen) atoms. The molecular formula is C12H14N2O3S. The van der Waals surface area contributed by atoms with Crippen molar-refractivity contribution >= 4 is 22.8 Å². The van der Waals surface area contributed by atoms with Crippen LogP contribution < -0.4 is 4.74 Å². The second kappa shape index (κ2) is 5.17. The molecule has 1 N–H and O–H groups in total. The van der Waals surface area contributed by atoms with Crippen molar-refractivity contribution in [3.63, 3.8) is 0 Å². The first-order chi connectivity index (χ1) is 8.85. The van der Waals surface area contributed by atoms with Crippen LogP contribution >= 0.6 is 11.8 Å². The number of aromatic nitrogens is 2.